The zero-order chi connectivity index (χ0) is 21.8. The number of fused-ring (bicyclic) bond motifs is 1. The van der Waals surface area contributed by atoms with Gasteiger partial charge in [0.15, 0.2) is 12.4 Å². The van der Waals surface area contributed by atoms with Crippen molar-refractivity contribution in [3.05, 3.63) is 28.0 Å². The number of amides is 3. The van der Waals surface area contributed by atoms with Crippen LogP contribution in [0.5, 0.6) is 0 Å². The molecule has 1 aromatic carbocycles. The molecule has 0 saturated carbocycles. The maximum Gasteiger partial charge on any atom is 0.418 e. The predicted octanol–water partition coefficient (Wildman–Crippen LogP) is 2.94. The van der Waals surface area contributed by atoms with Gasteiger partial charge in [-0.15, -0.1) is 0 Å². The number of ether oxygens (including phenoxy) is 1. The molecule has 2 aliphatic heterocycles. The van der Waals surface area contributed by atoms with Crippen LogP contribution in [0.1, 0.15) is 29.0 Å². The Morgan fingerprint density at radius 3 is 2.47 bits per heavy atom. The highest BCUT2D eigenvalue weighted by atomic mass is 79.9. The van der Waals surface area contributed by atoms with E-state index in [0.717, 1.165) is 11.0 Å². The Hall–Kier alpha value is -2.63. The molecule has 0 bridgehead atoms. The number of carbonyl (C=O) groups excluding carboxylic acids is 3. The molecule has 0 unspecified atom stereocenters. The van der Waals surface area contributed by atoms with E-state index < -0.39 is 29.6 Å². The van der Waals surface area contributed by atoms with Crippen LogP contribution in [0.2, 0.25) is 0 Å². The van der Waals surface area contributed by atoms with Crippen molar-refractivity contribution >= 4 is 44.9 Å². The van der Waals surface area contributed by atoms with Gasteiger partial charge in [0.1, 0.15) is 5.52 Å². The van der Waals surface area contributed by atoms with Crippen LogP contribution in [0.25, 0.3) is 11.0 Å². The van der Waals surface area contributed by atoms with Gasteiger partial charge in [0.05, 0.1) is 11.1 Å². The lowest BCUT2D eigenvalue weighted by Gasteiger charge is -2.34. The third-order valence-electron chi connectivity index (χ3n) is 5.35. The van der Waals surface area contributed by atoms with Gasteiger partial charge in [-0.25, -0.2) is 14.7 Å². The summed E-state index contributed by atoms with van der Waals surface area (Å²) in [5.41, 5.74) is -1.04. The number of carbonyl (C=O) groups is 3. The number of imide groups is 1. The molecule has 2 fully saturated rings. The maximum absolute atomic E-state index is 13.4. The largest absolute Gasteiger partial charge is 0.439 e. The first-order chi connectivity index (χ1) is 14.1. The van der Waals surface area contributed by atoms with Crippen molar-refractivity contribution in [2.24, 2.45) is 7.05 Å². The van der Waals surface area contributed by atoms with E-state index in [-0.39, 0.29) is 47.1 Å². The van der Waals surface area contributed by atoms with E-state index in [1.54, 1.807) is 0 Å². The summed E-state index contributed by atoms with van der Waals surface area (Å²) >= 11 is 3.07. The SMILES string of the molecule is Cn1c(C(=O)N2CCC(N3C(=O)COC3=O)CC2)nc2c(C(F)(F)F)cc(Br)cc21. The van der Waals surface area contributed by atoms with Gasteiger partial charge in [-0.2, -0.15) is 13.2 Å². The van der Waals surface area contributed by atoms with E-state index in [0.29, 0.717) is 12.8 Å². The average molecular weight is 489 g/mol. The van der Waals surface area contributed by atoms with Gasteiger partial charge in [-0.3, -0.25) is 9.59 Å². The van der Waals surface area contributed by atoms with Crippen LogP contribution >= 0.6 is 15.9 Å². The number of nitrogens with zero attached hydrogens (tertiary/aromatic N) is 4. The van der Waals surface area contributed by atoms with Gasteiger partial charge in [-0.1, -0.05) is 15.9 Å². The summed E-state index contributed by atoms with van der Waals surface area (Å²) in [5.74, 6) is -1.03. The smallest absolute Gasteiger partial charge is 0.418 e. The molecule has 8 nitrogen and oxygen atoms in total. The van der Waals surface area contributed by atoms with Crippen LogP contribution in [-0.4, -0.2) is 63.0 Å². The van der Waals surface area contributed by atoms with Crippen LogP contribution < -0.4 is 0 Å². The summed E-state index contributed by atoms with van der Waals surface area (Å²) < 4.78 is 46.5. The molecule has 160 valence electrons. The summed E-state index contributed by atoms with van der Waals surface area (Å²) in [6.45, 7) is 0.189. The molecular formula is C18H16BrF3N4O4. The number of rotatable bonds is 2. The third kappa shape index (κ3) is 3.42. The summed E-state index contributed by atoms with van der Waals surface area (Å²) in [5, 5.41) is 0. The Bertz CT molecular complexity index is 1040. The van der Waals surface area contributed by atoms with Gasteiger partial charge in [0.25, 0.3) is 11.8 Å². The monoisotopic (exact) mass is 488 g/mol. The second-order valence-corrected chi connectivity index (χ2v) is 8.07. The van der Waals surface area contributed by atoms with E-state index in [4.69, 9.17) is 4.74 Å². The molecule has 2 saturated heterocycles. The van der Waals surface area contributed by atoms with Gasteiger partial charge < -0.3 is 14.2 Å². The molecule has 3 amide bonds. The maximum atomic E-state index is 13.4. The van der Waals surface area contributed by atoms with Gasteiger partial charge in [-0.05, 0) is 25.0 Å². The summed E-state index contributed by atoms with van der Waals surface area (Å²) in [6, 6.07) is 2.04. The number of alkyl halides is 3. The summed E-state index contributed by atoms with van der Waals surface area (Å²) in [7, 11) is 1.49. The van der Waals surface area contributed by atoms with Gasteiger partial charge in [0, 0.05) is 30.7 Å². The fourth-order valence-electron chi connectivity index (χ4n) is 3.85. The predicted molar refractivity (Wildman–Crippen MR) is 101 cm³/mol. The van der Waals surface area contributed by atoms with Crippen molar-refractivity contribution in [1.82, 2.24) is 19.4 Å². The first-order valence-electron chi connectivity index (χ1n) is 9.09. The molecule has 0 spiro atoms. The summed E-state index contributed by atoms with van der Waals surface area (Å²) in [6.07, 6.45) is -4.59. The quantitative estimate of drug-likeness (QED) is 0.648. The highest BCUT2D eigenvalue weighted by Gasteiger charge is 2.40. The number of cyclic esters (lactones) is 1. The van der Waals surface area contributed by atoms with Crippen LogP contribution in [0, 0.1) is 0 Å². The average Bonchev–Trinajstić information content (AvgIpc) is 3.19. The molecule has 1 aromatic heterocycles. The molecular weight excluding hydrogens is 473 g/mol. The van der Waals surface area contributed by atoms with Crippen molar-refractivity contribution < 1.29 is 32.3 Å². The highest BCUT2D eigenvalue weighted by Crippen LogP contribution is 2.37. The minimum Gasteiger partial charge on any atom is -0.439 e. The number of imidazole rings is 1. The number of hydrogen-bond donors (Lipinski definition) is 0. The fraction of sp³-hybridized carbons (Fsp3) is 0.444. The number of piperidine rings is 1. The van der Waals surface area contributed by atoms with E-state index >= 15 is 0 Å². The van der Waals surface area contributed by atoms with E-state index in [1.165, 1.54) is 22.6 Å². The second-order valence-electron chi connectivity index (χ2n) is 7.15. The molecule has 2 aromatic rings. The van der Waals surface area contributed by atoms with Crippen molar-refractivity contribution in [3.8, 4) is 0 Å². The number of halogens is 4. The lowest BCUT2D eigenvalue weighted by Crippen LogP contribution is -2.48. The lowest BCUT2D eigenvalue weighted by molar-refractivity contribution is -0.136. The minimum absolute atomic E-state index is 0.108. The zero-order valence-electron chi connectivity index (χ0n) is 15.7. The fourth-order valence-corrected chi connectivity index (χ4v) is 4.29. The van der Waals surface area contributed by atoms with E-state index in [9.17, 15) is 27.6 Å². The molecule has 0 atom stereocenters. The first-order valence-corrected chi connectivity index (χ1v) is 9.88. The Balaban J connectivity index is 1.58. The number of likely N-dealkylation sites (tertiary alicyclic amines) is 1. The molecule has 2 aliphatic rings. The number of hydrogen-bond acceptors (Lipinski definition) is 5. The van der Waals surface area contributed by atoms with E-state index in [1.807, 2.05) is 0 Å². The Kier molecular flexibility index (Phi) is 4.99. The zero-order valence-corrected chi connectivity index (χ0v) is 17.3. The van der Waals surface area contributed by atoms with Crippen molar-refractivity contribution in [3.63, 3.8) is 0 Å². The molecule has 3 heterocycles. The van der Waals surface area contributed by atoms with Crippen LogP contribution in [0.15, 0.2) is 16.6 Å². The summed E-state index contributed by atoms with van der Waals surface area (Å²) in [4.78, 5) is 43.0. The molecule has 4 rings (SSSR count). The second kappa shape index (κ2) is 7.25. The number of benzene rings is 1. The topological polar surface area (TPSA) is 84.7 Å². The molecule has 0 N–H and O–H groups in total. The van der Waals surface area contributed by atoms with Gasteiger partial charge in [0.2, 0.25) is 0 Å². The Labute approximate surface area is 176 Å². The van der Waals surface area contributed by atoms with Crippen LogP contribution in [-0.2, 0) is 22.8 Å². The normalized spacial score (nSPS) is 18.4. The Morgan fingerprint density at radius 2 is 1.90 bits per heavy atom. The Morgan fingerprint density at radius 1 is 1.23 bits per heavy atom. The van der Waals surface area contributed by atoms with Crippen LogP contribution in [0.3, 0.4) is 0 Å². The minimum atomic E-state index is -4.62. The molecule has 12 heteroatoms. The van der Waals surface area contributed by atoms with E-state index in [2.05, 4.69) is 20.9 Å². The third-order valence-corrected chi connectivity index (χ3v) is 5.81. The van der Waals surface area contributed by atoms with Crippen molar-refractivity contribution in [2.45, 2.75) is 25.1 Å². The van der Waals surface area contributed by atoms with Gasteiger partial charge >= 0.3 is 12.3 Å². The van der Waals surface area contributed by atoms with Crippen molar-refractivity contribution in [2.75, 3.05) is 19.7 Å². The van der Waals surface area contributed by atoms with Crippen LogP contribution in [0.4, 0.5) is 18.0 Å². The standard InChI is InChI=1S/C18H16BrF3N4O4/c1-24-12-7-9(19)6-11(18(20,21)22)14(12)23-15(24)16(28)25-4-2-10(3-5-25)26-13(27)8-30-17(26)29/h6-7,10H,2-5,8H2,1H3. The highest BCUT2D eigenvalue weighted by molar-refractivity contribution is 9.10. The number of aryl methyl sites for hydroxylation is 1. The molecule has 0 aliphatic carbocycles. The first kappa shape index (κ1) is 20.6. The molecule has 0 radical (unpaired) electrons. The van der Waals surface area contributed by atoms with Crippen molar-refractivity contribution in [1.29, 1.82) is 0 Å². The lowest BCUT2D eigenvalue weighted by atomic mass is 10.0. The number of aromatic nitrogens is 2. The molecule has 30 heavy (non-hydrogen) atoms.